The molecule has 2 heterocycles. The maximum atomic E-state index is 12.7. The van der Waals surface area contributed by atoms with Crippen molar-refractivity contribution in [3.8, 4) is 5.82 Å². The molecule has 1 unspecified atom stereocenters. The van der Waals surface area contributed by atoms with Gasteiger partial charge in [-0.25, -0.2) is 19.3 Å². The fourth-order valence-corrected chi connectivity index (χ4v) is 2.79. The summed E-state index contributed by atoms with van der Waals surface area (Å²) in [6, 6.07) is 1.09. The van der Waals surface area contributed by atoms with E-state index in [-0.39, 0.29) is 23.0 Å². The lowest BCUT2D eigenvalue weighted by Crippen LogP contribution is -2.44. The summed E-state index contributed by atoms with van der Waals surface area (Å²) >= 11 is 0. The number of hydrogen-bond donors (Lipinski definition) is 1. The average molecular weight is 456 g/mol. The lowest BCUT2D eigenvalue weighted by Gasteiger charge is -2.18. The molecule has 0 aliphatic carbocycles. The first kappa shape index (κ1) is 24.8. The Bertz CT molecular complexity index is 971. The van der Waals surface area contributed by atoms with Gasteiger partial charge in [0.25, 0.3) is 5.91 Å². The van der Waals surface area contributed by atoms with Crippen LogP contribution in [0.1, 0.15) is 41.9 Å². The van der Waals surface area contributed by atoms with Crippen molar-refractivity contribution < 1.29 is 37.0 Å². The third-order valence-electron chi connectivity index (χ3n) is 4.38. The van der Waals surface area contributed by atoms with Gasteiger partial charge >= 0.3 is 18.1 Å². The topological polar surface area (TPSA) is 112 Å². The van der Waals surface area contributed by atoms with E-state index in [4.69, 9.17) is 4.74 Å². The van der Waals surface area contributed by atoms with Gasteiger partial charge < -0.3 is 14.8 Å². The number of amides is 1. The van der Waals surface area contributed by atoms with Gasteiger partial charge in [-0.3, -0.25) is 4.79 Å². The predicted molar refractivity (Wildman–Crippen MR) is 105 cm³/mol. The first-order chi connectivity index (χ1) is 14.9. The standard InChI is InChI=1S/C20H23F3N4O5/c1-11(2)7-15(19(30)31-4)26-17(28)10-32-18(29)14-9-25-27(12(14)3)16-6-5-13(8-24-16)20(21,22)23/h5-6,8-9,11,15H,7,10H2,1-4H3,(H,26,28). The highest BCUT2D eigenvalue weighted by atomic mass is 19.4. The zero-order valence-electron chi connectivity index (χ0n) is 17.9. The number of carbonyl (C=O) groups excluding carboxylic acids is 3. The molecule has 2 rings (SSSR count). The van der Waals surface area contributed by atoms with Gasteiger partial charge in [0.2, 0.25) is 0 Å². The summed E-state index contributed by atoms with van der Waals surface area (Å²) in [7, 11) is 1.20. The minimum absolute atomic E-state index is 0.00574. The van der Waals surface area contributed by atoms with Gasteiger partial charge in [-0.2, -0.15) is 18.3 Å². The van der Waals surface area contributed by atoms with Crippen LogP contribution in [-0.2, 0) is 25.2 Å². The van der Waals surface area contributed by atoms with Gasteiger partial charge in [-0.15, -0.1) is 0 Å². The van der Waals surface area contributed by atoms with Crippen LogP contribution < -0.4 is 5.32 Å². The minimum atomic E-state index is -4.53. The molecule has 0 radical (unpaired) electrons. The Morgan fingerprint density at radius 1 is 1.19 bits per heavy atom. The van der Waals surface area contributed by atoms with E-state index in [2.05, 4.69) is 20.1 Å². The lowest BCUT2D eigenvalue weighted by atomic mass is 10.0. The second kappa shape index (κ2) is 10.2. The number of hydrogen-bond acceptors (Lipinski definition) is 7. The maximum Gasteiger partial charge on any atom is 0.417 e. The maximum absolute atomic E-state index is 12.7. The number of pyridine rings is 1. The molecule has 1 amide bonds. The summed E-state index contributed by atoms with van der Waals surface area (Å²) in [5, 5.41) is 6.41. The number of methoxy groups -OCH3 is 1. The van der Waals surface area contributed by atoms with Crippen molar-refractivity contribution in [1.82, 2.24) is 20.1 Å². The van der Waals surface area contributed by atoms with E-state index in [1.54, 1.807) is 0 Å². The Morgan fingerprint density at radius 3 is 2.41 bits per heavy atom. The van der Waals surface area contributed by atoms with Crippen LogP contribution in [0, 0.1) is 12.8 Å². The van der Waals surface area contributed by atoms with Crippen molar-refractivity contribution in [3.63, 3.8) is 0 Å². The van der Waals surface area contributed by atoms with Crippen LogP contribution in [0.3, 0.4) is 0 Å². The highest BCUT2D eigenvalue weighted by Gasteiger charge is 2.31. The molecule has 2 aromatic rings. The Morgan fingerprint density at radius 2 is 1.88 bits per heavy atom. The fraction of sp³-hybridized carbons (Fsp3) is 0.450. The molecule has 0 fully saturated rings. The van der Waals surface area contributed by atoms with Crippen molar-refractivity contribution >= 4 is 17.8 Å². The molecule has 174 valence electrons. The highest BCUT2D eigenvalue weighted by Crippen LogP contribution is 2.28. The van der Waals surface area contributed by atoms with Gasteiger partial charge in [0.1, 0.15) is 11.6 Å². The number of esters is 2. The van der Waals surface area contributed by atoms with E-state index in [0.717, 1.165) is 18.3 Å². The van der Waals surface area contributed by atoms with Crippen LogP contribution in [-0.4, -0.2) is 52.4 Å². The molecule has 2 aromatic heterocycles. The van der Waals surface area contributed by atoms with E-state index in [0.29, 0.717) is 12.6 Å². The quantitative estimate of drug-likeness (QED) is 0.607. The summed E-state index contributed by atoms with van der Waals surface area (Å²) < 4.78 is 48.9. The number of ether oxygens (including phenoxy) is 2. The number of nitrogens with one attached hydrogen (secondary N) is 1. The van der Waals surface area contributed by atoms with E-state index in [1.165, 1.54) is 18.7 Å². The Hall–Kier alpha value is -3.44. The molecule has 0 aliphatic rings. The summed E-state index contributed by atoms with van der Waals surface area (Å²) in [4.78, 5) is 39.9. The zero-order chi connectivity index (χ0) is 24.1. The molecule has 0 saturated carbocycles. The number of rotatable bonds is 8. The Balaban J connectivity index is 2.03. The Kier molecular flexibility index (Phi) is 7.95. The van der Waals surface area contributed by atoms with Crippen LogP contribution in [0.5, 0.6) is 0 Å². The smallest absolute Gasteiger partial charge is 0.417 e. The van der Waals surface area contributed by atoms with E-state index in [9.17, 15) is 27.6 Å². The summed E-state index contributed by atoms with van der Waals surface area (Å²) in [5.74, 6) is -1.99. The second-order valence-electron chi connectivity index (χ2n) is 7.31. The number of alkyl halides is 3. The molecule has 0 bridgehead atoms. The normalized spacial score (nSPS) is 12.4. The monoisotopic (exact) mass is 456 g/mol. The van der Waals surface area contributed by atoms with Crippen molar-refractivity contribution in [1.29, 1.82) is 0 Å². The minimum Gasteiger partial charge on any atom is -0.467 e. The van der Waals surface area contributed by atoms with E-state index >= 15 is 0 Å². The molecule has 32 heavy (non-hydrogen) atoms. The molecular weight excluding hydrogens is 433 g/mol. The SMILES string of the molecule is COC(=O)C(CC(C)C)NC(=O)COC(=O)c1cnn(-c2ccc(C(F)(F)F)cn2)c1C. The largest absolute Gasteiger partial charge is 0.467 e. The molecule has 0 aromatic carbocycles. The van der Waals surface area contributed by atoms with Gasteiger partial charge in [-0.1, -0.05) is 13.8 Å². The number of nitrogens with zero attached hydrogens (tertiary/aromatic N) is 3. The van der Waals surface area contributed by atoms with Gasteiger partial charge in [0.15, 0.2) is 12.4 Å². The average Bonchev–Trinajstić information content (AvgIpc) is 3.11. The third-order valence-corrected chi connectivity index (χ3v) is 4.38. The van der Waals surface area contributed by atoms with Crippen LogP contribution in [0.2, 0.25) is 0 Å². The van der Waals surface area contributed by atoms with Crippen LogP contribution in [0.4, 0.5) is 13.2 Å². The van der Waals surface area contributed by atoms with Crippen molar-refractivity contribution in [2.45, 2.75) is 39.4 Å². The van der Waals surface area contributed by atoms with E-state index < -0.39 is 42.2 Å². The molecule has 1 atom stereocenters. The van der Waals surface area contributed by atoms with Crippen LogP contribution in [0.25, 0.3) is 5.82 Å². The Labute approximate surface area is 181 Å². The molecular formula is C20H23F3N4O5. The molecule has 0 saturated heterocycles. The number of carbonyl (C=O) groups is 3. The third kappa shape index (κ3) is 6.28. The summed E-state index contributed by atoms with van der Waals surface area (Å²) in [6.07, 6.45) is -2.36. The fourth-order valence-electron chi connectivity index (χ4n) is 2.79. The van der Waals surface area contributed by atoms with Gasteiger partial charge in [0.05, 0.1) is 24.6 Å². The van der Waals surface area contributed by atoms with Crippen molar-refractivity contribution in [3.05, 3.63) is 41.3 Å². The second-order valence-corrected chi connectivity index (χ2v) is 7.31. The molecule has 0 spiro atoms. The van der Waals surface area contributed by atoms with Gasteiger partial charge in [0, 0.05) is 6.20 Å². The van der Waals surface area contributed by atoms with Crippen molar-refractivity contribution in [2.75, 3.05) is 13.7 Å². The first-order valence-corrected chi connectivity index (χ1v) is 9.56. The summed E-state index contributed by atoms with van der Waals surface area (Å²) in [5.41, 5.74) is -0.652. The number of aromatic nitrogens is 3. The van der Waals surface area contributed by atoms with E-state index in [1.807, 2.05) is 13.8 Å². The molecule has 12 heteroatoms. The lowest BCUT2D eigenvalue weighted by molar-refractivity contribution is -0.145. The van der Waals surface area contributed by atoms with Gasteiger partial charge in [-0.05, 0) is 31.4 Å². The predicted octanol–water partition coefficient (Wildman–Crippen LogP) is 2.46. The first-order valence-electron chi connectivity index (χ1n) is 9.56. The van der Waals surface area contributed by atoms with Crippen LogP contribution >= 0.6 is 0 Å². The summed E-state index contributed by atoms with van der Waals surface area (Å²) in [6.45, 7) is 4.59. The van der Waals surface area contributed by atoms with Crippen LogP contribution in [0.15, 0.2) is 24.5 Å². The molecule has 0 aliphatic heterocycles. The molecule has 9 nitrogen and oxygen atoms in total. The molecule has 1 N–H and O–H groups in total. The highest BCUT2D eigenvalue weighted by molar-refractivity contribution is 5.92. The zero-order valence-corrected chi connectivity index (χ0v) is 17.9. The number of halogens is 3. The van der Waals surface area contributed by atoms with Crippen molar-refractivity contribution in [2.24, 2.45) is 5.92 Å².